The predicted octanol–water partition coefficient (Wildman–Crippen LogP) is 1.79. The normalized spacial score (nSPS) is 25.1. The van der Waals surface area contributed by atoms with E-state index in [4.69, 9.17) is 0 Å². The molecular formula is C14H31N3. The summed E-state index contributed by atoms with van der Waals surface area (Å²) in [7, 11) is 4.32. The first-order valence-corrected chi connectivity index (χ1v) is 7.31. The average Bonchev–Trinajstić information content (AvgIpc) is 2.73. The topological polar surface area (TPSA) is 18.5 Å². The maximum Gasteiger partial charge on any atom is 0.0249 e. The second-order valence-electron chi connectivity index (χ2n) is 5.45. The molecule has 102 valence electrons. The molecule has 0 bridgehead atoms. The highest BCUT2D eigenvalue weighted by Crippen LogP contribution is 2.24. The summed E-state index contributed by atoms with van der Waals surface area (Å²) >= 11 is 0. The number of hydrogen-bond donors (Lipinski definition) is 1. The summed E-state index contributed by atoms with van der Waals surface area (Å²) in [5, 5.41) is 3.66. The van der Waals surface area contributed by atoms with Crippen LogP contribution in [-0.2, 0) is 0 Å². The van der Waals surface area contributed by atoms with Crippen LogP contribution in [-0.4, -0.2) is 62.2 Å². The molecule has 0 spiro atoms. The molecule has 3 nitrogen and oxygen atoms in total. The quantitative estimate of drug-likeness (QED) is 0.699. The Morgan fingerprint density at radius 2 is 1.88 bits per heavy atom. The van der Waals surface area contributed by atoms with Gasteiger partial charge in [0.2, 0.25) is 0 Å². The largest absolute Gasteiger partial charge is 0.313 e. The van der Waals surface area contributed by atoms with Crippen molar-refractivity contribution in [1.82, 2.24) is 15.1 Å². The van der Waals surface area contributed by atoms with E-state index < -0.39 is 0 Å². The number of nitrogens with zero attached hydrogens (tertiary/aromatic N) is 2. The van der Waals surface area contributed by atoms with Crippen molar-refractivity contribution in [1.29, 1.82) is 0 Å². The van der Waals surface area contributed by atoms with E-state index in [-0.39, 0.29) is 0 Å². The van der Waals surface area contributed by atoms with Gasteiger partial charge in [-0.15, -0.1) is 0 Å². The molecule has 1 aliphatic rings. The van der Waals surface area contributed by atoms with Crippen LogP contribution in [0.2, 0.25) is 0 Å². The number of hydrogen-bond acceptors (Lipinski definition) is 3. The molecule has 0 heterocycles. The summed E-state index contributed by atoms with van der Waals surface area (Å²) in [4.78, 5) is 4.97. The van der Waals surface area contributed by atoms with Crippen molar-refractivity contribution in [2.75, 3.05) is 40.3 Å². The third-order valence-corrected chi connectivity index (χ3v) is 3.87. The molecule has 3 heteroatoms. The van der Waals surface area contributed by atoms with Gasteiger partial charge in [-0.3, -0.25) is 4.90 Å². The molecule has 1 rings (SSSR count). The van der Waals surface area contributed by atoms with Crippen molar-refractivity contribution in [3.05, 3.63) is 0 Å². The molecule has 1 saturated carbocycles. The second-order valence-corrected chi connectivity index (χ2v) is 5.45. The van der Waals surface area contributed by atoms with E-state index in [1.165, 1.54) is 45.3 Å². The minimum Gasteiger partial charge on any atom is -0.313 e. The van der Waals surface area contributed by atoms with Crippen LogP contribution in [0.3, 0.4) is 0 Å². The standard InChI is InChI=1S/C14H31N3/c1-5-15-13-9-7-10-14(13)17(6-2)12-8-11-16(3)4/h13-15H,5-12H2,1-4H3. The third-order valence-electron chi connectivity index (χ3n) is 3.87. The Kier molecular flexibility index (Phi) is 7.09. The van der Waals surface area contributed by atoms with Gasteiger partial charge in [0.25, 0.3) is 0 Å². The van der Waals surface area contributed by atoms with Gasteiger partial charge in [0.15, 0.2) is 0 Å². The van der Waals surface area contributed by atoms with Crippen LogP contribution in [0.1, 0.15) is 39.5 Å². The fourth-order valence-electron chi connectivity index (χ4n) is 3.03. The minimum atomic E-state index is 0.735. The summed E-state index contributed by atoms with van der Waals surface area (Å²) in [5.74, 6) is 0. The molecule has 1 N–H and O–H groups in total. The lowest BCUT2D eigenvalue weighted by Crippen LogP contribution is -2.47. The smallest absolute Gasteiger partial charge is 0.0249 e. The SMILES string of the molecule is CCNC1CCCC1N(CC)CCCN(C)C. The van der Waals surface area contributed by atoms with Gasteiger partial charge in [-0.05, 0) is 59.5 Å². The first kappa shape index (κ1) is 14.9. The highest BCUT2D eigenvalue weighted by atomic mass is 15.2. The van der Waals surface area contributed by atoms with Crippen LogP contribution in [0.5, 0.6) is 0 Å². The van der Waals surface area contributed by atoms with Crippen LogP contribution in [0, 0.1) is 0 Å². The minimum absolute atomic E-state index is 0.735. The Morgan fingerprint density at radius 3 is 2.47 bits per heavy atom. The molecule has 2 unspecified atom stereocenters. The maximum absolute atomic E-state index is 3.66. The molecule has 2 atom stereocenters. The van der Waals surface area contributed by atoms with Gasteiger partial charge in [-0.2, -0.15) is 0 Å². The molecule has 1 fully saturated rings. The van der Waals surface area contributed by atoms with Crippen LogP contribution in [0.25, 0.3) is 0 Å². The third kappa shape index (κ3) is 4.94. The zero-order chi connectivity index (χ0) is 12.7. The van der Waals surface area contributed by atoms with Gasteiger partial charge in [-0.1, -0.05) is 20.3 Å². The highest BCUT2D eigenvalue weighted by Gasteiger charge is 2.30. The fourth-order valence-corrected chi connectivity index (χ4v) is 3.03. The fraction of sp³-hybridized carbons (Fsp3) is 1.00. The second kappa shape index (κ2) is 8.06. The van der Waals surface area contributed by atoms with Gasteiger partial charge < -0.3 is 10.2 Å². The molecule has 0 amide bonds. The summed E-state index contributed by atoms with van der Waals surface area (Å²) < 4.78 is 0. The lowest BCUT2D eigenvalue weighted by atomic mass is 10.1. The first-order valence-electron chi connectivity index (χ1n) is 7.31. The van der Waals surface area contributed by atoms with Crippen molar-refractivity contribution >= 4 is 0 Å². The first-order chi connectivity index (χ1) is 8.19. The predicted molar refractivity (Wildman–Crippen MR) is 75.5 cm³/mol. The Hall–Kier alpha value is -0.120. The summed E-state index contributed by atoms with van der Waals surface area (Å²) in [6.07, 6.45) is 5.43. The number of nitrogens with one attached hydrogen (secondary N) is 1. The number of likely N-dealkylation sites (N-methyl/N-ethyl adjacent to an activating group) is 2. The Balaban J connectivity index is 2.37. The van der Waals surface area contributed by atoms with E-state index in [9.17, 15) is 0 Å². The Bertz CT molecular complexity index is 194. The van der Waals surface area contributed by atoms with Crippen LogP contribution < -0.4 is 5.32 Å². The Labute approximate surface area is 108 Å². The summed E-state index contributed by atoms with van der Waals surface area (Å²) in [6, 6.07) is 1.52. The van der Waals surface area contributed by atoms with Crippen molar-refractivity contribution in [2.24, 2.45) is 0 Å². The van der Waals surface area contributed by atoms with Crippen LogP contribution >= 0.6 is 0 Å². The van der Waals surface area contributed by atoms with Crippen molar-refractivity contribution < 1.29 is 0 Å². The molecule has 0 aromatic carbocycles. The van der Waals surface area contributed by atoms with E-state index in [0.717, 1.165) is 18.6 Å². The molecule has 0 radical (unpaired) electrons. The van der Waals surface area contributed by atoms with Gasteiger partial charge >= 0.3 is 0 Å². The zero-order valence-corrected chi connectivity index (χ0v) is 12.2. The van der Waals surface area contributed by atoms with E-state index in [1.807, 2.05) is 0 Å². The summed E-state index contributed by atoms with van der Waals surface area (Å²) in [6.45, 7) is 9.28. The van der Waals surface area contributed by atoms with Gasteiger partial charge in [0.1, 0.15) is 0 Å². The van der Waals surface area contributed by atoms with Crippen molar-refractivity contribution in [2.45, 2.75) is 51.6 Å². The highest BCUT2D eigenvalue weighted by molar-refractivity contribution is 4.89. The molecule has 0 saturated heterocycles. The van der Waals surface area contributed by atoms with E-state index in [1.54, 1.807) is 0 Å². The summed E-state index contributed by atoms with van der Waals surface area (Å²) in [5.41, 5.74) is 0. The van der Waals surface area contributed by atoms with E-state index in [2.05, 4.69) is 43.1 Å². The van der Waals surface area contributed by atoms with Gasteiger partial charge in [0, 0.05) is 12.1 Å². The molecule has 1 aliphatic carbocycles. The van der Waals surface area contributed by atoms with Crippen LogP contribution in [0.15, 0.2) is 0 Å². The number of rotatable bonds is 8. The molecule has 0 aliphatic heterocycles. The van der Waals surface area contributed by atoms with E-state index in [0.29, 0.717) is 0 Å². The molecule has 17 heavy (non-hydrogen) atoms. The Morgan fingerprint density at radius 1 is 1.12 bits per heavy atom. The van der Waals surface area contributed by atoms with Crippen molar-refractivity contribution in [3.8, 4) is 0 Å². The lowest BCUT2D eigenvalue weighted by molar-refractivity contribution is 0.174. The maximum atomic E-state index is 3.66. The molecular weight excluding hydrogens is 210 g/mol. The molecule has 0 aromatic rings. The average molecular weight is 241 g/mol. The monoisotopic (exact) mass is 241 g/mol. The van der Waals surface area contributed by atoms with Gasteiger partial charge in [0.05, 0.1) is 0 Å². The lowest BCUT2D eigenvalue weighted by Gasteiger charge is -2.32. The van der Waals surface area contributed by atoms with Crippen molar-refractivity contribution in [3.63, 3.8) is 0 Å². The van der Waals surface area contributed by atoms with Gasteiger partial charge in [-0.25, -0.2) is 0 Å². The van der Waals surface area contributed by atoms with Crippen LogP contribution in [0.4, 0.5) is 0 Å². The molecule has 0 aromatic heterocycles. The van der Waals surface area contributed by atoms with E-state index >= 15 is 0 Å². The zero-order valence-electron chi connectivity index (χ0n) is 12.2.